The van der Waals surface area contributed by atoms with E-state index >= 15 is 0 Å². The van der Waals surface area contributed by atoms with Gasteiger partial charge >= 0.3 is 6.03 Å². The first kappa shape index (κ1) is 15.9. The molecule has 1 aromatic rings. The van der Waals surface area contributed by atoms with Crippen LogP contribution in [0.2, 0.25) is 0 Å². The molecule has 122 valence electrons. The minimum Gasteiger partial charge on any atom is -0.338 e. The van der Waals surface area contributed by atoms with Crippen LogP contribution in [-0.4, -0.2) is 70.2 Å². The minimum atomic E-state index is -0.536. The van der Waals surface area contributed by atoms with E-state index in [1.165, 1.54) is 16.7 Å². The third-order valence-electron chi connectivity index (χ3n) is 4.21. The third-order valence-corrected chi connectivity index (χ3v) is 4.75. The van der Waals surface area contributed by atoms with Gasteiger partial charge in [-0.05, 0) is 11.8 Å². The molecule has 1 atom stereocenters. The molecule has 6 nitrogen and oxygen atoms in total. The highest BCUT2D eigenvalue weighted by molar-refractivity contribution is 7.99. The highest BCUT2D eigenvalue weighted by Crippen LogP contribution is 2.24. The lowest BCUT2D eigenvalue weighted by Crippen LogP contribution is -2.55. The Morgan fingerprint density at radius 2 is 1.96 bits per heavy atom. The van der Waals surface area contributed by atoms with Crippen LogP contribution in [0.3, 0.4) is 0 Å². The van der Waals surface area contributed by atoms with Gasteiger partial charge in [0, 0.05) is 13.1 Å². The smallest absolute Gasteiger partial charge is 0.327 e. The van der Waals surface area contributed by atoms with Crippen LogP contribution in [0.25, 0.3) is 0 Å². The fraction of sp³-hybridized carbons (Fsp3) is 0.438. The third kappa shape index (κ3) is 3.06. The minimum absolute atomic E-state index is 0.0268. The van der Waals surface area contributed by atoms with Gasteiger partial charge < -0.3 is 9.80 Å². The number of hydrogen-bond donors (Lipinski definition) is 0. The van der Waals surface area contributed by atoms with Crippen LogP contribution >= 0.6 is 11.8 Å². The number of carbonyl (C=O) groups excluding carboxylic acids is 3. The molecule has 0 aromatic heterocycles. The van der Waals surface area contributed by atoms with Gasteiger partial charge in [0.05, 0.1) is 18.8 Å². The molecule has 3 rings (SSSR count). The Kier molecular flexibility index (Phi) is 4.56. The fourth-order valence-electron chi connectivity index (χ4n) is 3.01. The van der Waals surface area contributed by atoms with E-state index in [2.05, 4.69) is 0 Å². The highest BCUT2D eigenvalue weighted by Gasteiger charge is 2.48. The summed E-state index contributed by atoms with van der Waals surface area (Å²) in [4.78, 5) is 41.7. The van der Waals surface area contributed by atoms with Crippen LogP contribution in [-0.2, 0) is 16.1 Å². The van der Waals surface area contributed by atoms with Crippen LogP contribution in [0.4, 0.5) is 4.79 Å². The van der Waals surface area contributed by atoms with E-state index in [4.69, 9.17) is 0 Å². The summed E-state index contributed by atoms with van der Waals surface area (Å²) in [7, 11) is 0. The molecule has 4 amide bonds. The zero-order valence-corrected chi connectivity index (χ0v) is 13.8. The van der Waals surface area contributed by atoms with E-state index in [1.807, 2.05) is 36.6 Å². The maximum Gasteiger partial charge on any atom is 0.327 e. The molecule has 0 N–H and O–H groups in total. The van der Waals surface area contributed by atoms with Crippen LogP contribution in [0.5, 0.6) is 0 Å². The van der Waals surface area contributed by atoms with Gasteiger partial charge in [-0.25, -0.2) is 4.79 Å². The standard InChI is InChI=1S/C16H19N3O3S/c1-23-11-14(20)17-7-8-18-13(10-17)15(21)19(16(18)22)9-12-5-3-2-4-6-12/h2-6,13H,7-11H2,1H3. The van der Waals surface area contributed by atoms with E-state index in [1.54, 1.807) is 9.80 Å². The van der Waals surface area contributed by atoms with E-state index < -0.39 is 6.04 Å². The van der Waals surface area contributed by atoms with Crippen molar-refractivity contribution >= 4 is 29.6 Å². The molecule has 1 unspecified atom stereocenters. The lowest BCUT2D eigenvalue weighted by atomic mass is 10.1. The summed E-state index contributed by atoms with van der Waals surface area (Å²) in [5.41, 5.74) is 0.921. The summed E-state index contributed by atoms with van der Waals surface area (Å²) in [6, 6.07) is 8.67. The Hall–Kier alpha value is -2.02. The van der Waals surface area contributed by atoms with Crippen molar-refractivity contribution in [1.82, 2.24) is 14.7 Å². The van der Waals surface area contributed by atoms with Crippen molar-refractivity contribution in [2.45, 2.75) is 12.6 Å². The maximum atomic E-state index is 12.6. The number of piperazine rings is 1. The van der Waals surface area contributed by atoms with E-state index in [0.717, 1.165) is 5.56 Å². The monoisotopic (exact) mass is 333 g/mol. The van der Waals surface area contributed by atoms with Crippen molar-refractivity contribution in [3.8, 4) is 0 Å². The number of imide groups is 1. The number of rotatable bonds is 4. The van der Waals surface area contributed by atoms with Gasteiger partial charge in [0.25, 0.3) is 5.91 Å². The van der Waals surface area contributed by atoms with Crippen LogP contribution in [0, 0.1) is 0 Å². The molecule has 2 heterocycles. The molecule has 0 saturated carbocycles. The largest absolute Gasteiger partial charge is 0.338 e. The molecule has 2 aliphatic heterocycles. The zero-order chi connectivity index (χ0) is 16.4. The fourth-order valence-corrected chi connectivity index (χ4v) is 3.43. The molecular formula is C16H19N3O3S. The maximum absolute atomic E-state index is 12.6. The van der Waals surface area contributed by atoms with Gasteiger partial charge in [0.1, 0.15) is 6.04 Å². The first-order valence-corrected chi connectivity index (χ1v) is 8.94. The lowest BCUT2D eigenvalue weighted by Gasteiger charge is -2.35. The Morgan fingerprint density at radius 3 is 2.65 bits per heavy atom. The first-order valence-electron chi connectivity index (χ1n) is 7.54. The molecule has 0 radical (unpaired) electrons. The molecule has 0 aliphatic carbocycles. The lowest BCUT2D eigenvalue weighted by molar-refractivity contribution is -0.134. The molecular weight excluding hydrogens is 314 g/mol. The van der Waals surface area contributed by atoms with Gasteiger partial charge in [0.2, 0.25) is 5.91 Å². The first-order chi connectivity index (χ1) is 11.1. The van der Waals surface area contributed by atoms with Crippen LogP contribution < -0.4 is 0 Å². The highest BCUT2D eigenvalue weighted by atomic mass is 32.2. The molecule has 0 bridgehead atoms. The van der Waals surface area contributed by atoms with Crippen molar-refractivity contribution in [3.63, 3.8) is 0 Å². The summed E-state index contributed by atoms with van der Waals surface area (Å²) < 4.78 is 0. The molecule has 2 fully saturated rings. The number of benzene rings is 1. The van der Waals surface area contributed by atoms with Crippen molar-refractivity contribution in [2.24, 2.45) is 0 Å². The number of fused-ring (bicyclic) bond motifs is 1. The predicted octanol–water partition coefficient (Wildman–Crippen LogP) is 1.02. The molecule has 0 spiro atoms. The second-order valence-electron chi connectivity index (χ2n) is 5.67. The summed E-state index contributed by atoms with van der Waals surface area (Å²) in [6.45, 7) is 1.49. The van der Waals surface area contributed by atoms with Gasteiger partial charge in [-0.3, -0.25) is 14.5 Å². The van der Waals surface area contributed by atoms with Crippen molar-refractivity contribution in [3.05, 3.63) is 35.9 Å². The second kappa shape index (κ2) is 6.62. The van der Waals surface area contributed by atoms with E-state index in [9.17, 15) is 14.4 Å². The average Bonchev–Trinajstić information content (AvgIpc) is 2.81. The van der Waals surface area contributed by atoms with Crippen molar-refractivity contribution in [2.75, 3.05) is 31.6 Å². The number of hydrogen-bond acceptors (Lipinski definition) is 4. The zero-order valence-electron chi connectivity index (χ0n) is 13.0. The summed E-state index contributed by atoms with van der Waals surface area (Å²) in [5, 5.41) is 0. The Morgan fingerprint density at radius 1 is 1.22 bits per heavy atom. The van der Waals surface area contributed by atoms with Crippen molar-refractivity contribution in [1.29, 1.82) is 0 Å². The number of carbonyl (C=O) groups is 3. The van der Waals surface area contributed by atoms with Gasteiger partial charge in [-0.15, -0.1) is 0 Å². The molecule has 2 aliphatic rings. The summed E-state index contributed by atoms with van der Waals surface area (Å²) in [6.07, 6.45) is 1.87. The topological polar surface area (TPSA) is 60.9 Å². The van der Waals surface area contributed by atoms with E-state index in [-0.39, 0.29) is 24.4 Å². The normalized spacial score (nSPS) is 20.9. The molecule has 1 aromatic carbocycles. The average molecular weight is 333 g/mol. The Balaban J connectivity index is 1.72. The second-order valence-corrected chi connectivity index (χ2v) is 6.54. The molecule has 2 saturated heterocycles. The Bertz CT molecular complexity index is 622. The summed E-state index contributed by atoms with van der Waals surface area (Å²) in [5.74, 6) is 0.224. The van der Waals surface area contributed by atoms with Crippen LogP contribution in [0.1, 0.15) is 5.56 Å². The van der Waals surface area contributed by atoms with Gasteiger partial charge in [-0.1, -0.05) is 30.3 Å². The summed E-state index contributed by atoms with van der Waals surface area (Å²) >= 11 is 1.47. The molecule has 23 heavy (non-hydrogen) atoms. The number of amides is 4. The number of thioether (sulfide) groups is 1. The molecule has 7 heteroatoms. The number of nitrogens with zero attached hydrogens (tertiary/aromatic N) is 3. The van der Waals surface area contributed by atoms with Gasteiger partial charge in [-0.2, -0.15) is 11.8 Å². The quantitative estimate of drug-likeness (QED) is 0.772. The van der Waals surface area contributed by atoms with Crippen LogP contribution in [0.15, 0.2) is 30.3 Å². The predicted molar refractivity (Wildman–Crippen MR) is 87.8 cm³/mol. The van der Waals surface area contributed by atoms with E-state index in [0.29, 0.717) is 25.4 Å². The van der Waals surface area contributed by atoms with Crippen molar-refractivity contribution < 1.29 is 14.4 Å². The van der Waals surface area contributed by atoms with Gasteiger partial charge in [0.15, 0.2) is 0 Å². The number of urea groups is 1. The Labute approximate surface area is 139 Å². The SMILES string of the molecule is CSCC(=O)N1CCN2C(=O)N(Cc3ccccc3)C(=O)C2C1.